The fourth-order valence-electron chi connectivity index (χ4n) is 1.20. The predicted octanol–water partition coefficient (Wildman–Crippen LogP) is 2.00. The van der Waals surface area contributed by atoms with E-state index in [2.05, 4.69) is 5.32 Å². The molecule has 0 heterocycles. The number of nitrogens with one attached hydrogen (secondary N) is 1. The molecule has 1 aliphatic carbocycles. The molecule has 15 heavy (non-hydrogen) atoms. The zero-order chi connectivity index (χ0) is 10.7. The molecule has 0 saturated heterocycles. The lowest BCUT2D eigenvalue weighted by Crippen LogP contribution is -2.30. The van der Waals surface area contributed by atoms with Crippen LogP contribution in [0.1, 0.15) is 12.8 Å². The number of hydrogen-bond donors (Lipinski definition) is 1. The van der Waals surface area contributed by atoms with E-state index in [4.69, 9.17) is 16.3 Å². The predicted molar refractivity (Wildman–Crippen MR) is 58.1 cm³/mol. The van der Waals surface area contributed by atoms with Crippen molar-refractivity contribution in [3.05, 3.63) is 29.3 Å². The molecule has 1 aliphatic rings. The summed E-state index contributed by atoms with van der Waals surface area (Å²) in [5, 5.41) is 3.45. The molecule has 1 N–H and O–H groups in total. The first-order valence-corrected chi connectivity index (χ1v) is 5.29. The second-order valence-electron chi connectivity index (χ2n) is 3.59. The fraction of sp³-hybridized carbons (Fsp3) is 0.364. The molecule has 0 aliphatic heterocycles. The number of benzene rings is 1. The topological polar surface area (TPSA) is 38.3 Å². The Morgan fingerprint density at radius 1 is 1.53 bits per heavy atom. The highest BCUT2D eigenvalue weighted by atomic mass is 35.5. The van der Waals surface area contributed by atoms with Crippen molar-refractivity contribution in [1.29, 1.82) is 0 Å². The lowest BCUT2D eigenvalue weighted by atomic mass is 10.3. The van der Waals surface area contributed by atoms with Crippen LogP contribution in [0.3, 0.4) is 0 Å². The van der Waals surface area contributed by atoms with Gasteiger partial charge in [0, 0.05) is 11.1 Å². The molecule has 0 unspecified atom stereocenters. The monoisotopic (exact) mass is 225 g/mol. The highest BCUT2D eigenvalue weighted by Gasteiger charge is 2.23. The van der Waals surface area contributed by atoms with Crippen molar-refractivity contribution < 1.29 is 9.53 Å². The number of carbonyl (C=O) groups is 1. The van der Waals surface area contributed by atoms with E-state index in [-0.39, 0.29) is 12.5 Å². The van der Waals surface area contributed by atoms with Gasteiger partial charge in [0.2, 0.25) is 0 Å². The molecule has 80 valence electrons. The molecule has 1 amide bonds. The van der Waals surface area contributed by atoms with Crippen molar-refractivity contribution in [3.63, 3.8) is 0 Å². The van der Waals surface area contributed by atoms with E-state index in [1.54, 1.807) is 24.3 Å². The van der Waals surface area contributed by atoms with E-state index in [0.717, 1.165) is 12.8 Å². The van der Waals surface area contributed by atoms with Crippen LogP contribution in [0, 0.1) is 0 Å². The zero-order valence-electron chi connectivity index (χ0n) is 8.20. The zero-order valence-corrected chi connectivity index (χ0v) is 8.96. The Morgan fingerprint density at radius 3 is 3.00 bits per heavy atom. The molecule has 1 aromatic carbocycles. The van der Waals surface area contributed by atoms with E-state index < -0.39 is 0 Å². The van der Waals surface area contributed by atoms with Crippen molar-refractivity contribution in [2.24, 2.45) is 0 Å². The lowest BCUT2D eigenvalue weighted by Gasteiger charge is -2.06. The quantitative estimate of drug-likeness (QED) is 0.851. The normalized spacial score (nSPS) is 14.7. The Bertz CT molecular complexity index is 363. The van der Waals surface area contributed by atoms with Crippen LogP contribution in [0.25, 0.3) is 0 Å². The van der Waals surface area contributed by atoms with Crippen molar-refractivity contribution >= 4 is 17.5 Å². The molecule has 4 heteroatoms. The second-order valence-corrected chi connectivity index (χ2v) is 4.02. The molecule has 1 saturated carbocycles. The molecule has 0 spiro atoms. The van der Waals surface area contributed by atoms with Gasteiger partial charge in [0.15, 0.2) is 6.61 Å². The molecule has 0 aromatic heterocycles. The third-order valence-corrected chi connectivity index (χ3v) is 2.34. The largest absolute Gasteiger partial charge is 0.484 e. The first-order valence-electron chi connectivity index (χ1n) is 4.92. The summed E-state index contributed by atoms with van der Waals surface area (Å²) in [6.07, 6.45) is 2.17. The molecule has 3 nitrogen and oxygen atoms in total. The minimum atomic E-state index is -0.0718. The second kappa shape index (κ2) is 4.53. The van der Waals surface area contributed by atoms with Crippen molar-refractivity contribution in [2.45, 2.75) is 18.9 Å². The van der Waals surface area contributed by atoms with Gasteiger partial charge in [0.05, 0.1) is 0 Å². The van der Waals surface area contributed by atoms with Gasteiger partial charge in [-0.3, -0.25) is 4.79 Å². The minimum absolute atomic E-state index is 0.0524. The summed E-state index contributed by atoms with van der Waals surface area (Å²) in [7, 11) is 0. The van der Waals surface area contributed by atoms with Crippen LogP contribution < -0.4 is 10.1 Å². The Balaban J connectivity index is 1.78. The Hall–Kier alpha value is -1.22. The van der Waals surface area contributed by atoms with E-state index in [1.807, 2.05) is 0 Å². The van der Waals surface area contributed by atoms with Gasteiger partial charge < -0.3 is 10.1 Å². The SMILES string of the molecule is O=C(COc1cccc(Cl)c1)NC1CC1. The van der Waals surface area contributed by atoms with Crippen LogP contribution in [-0.4, -0.2) is 18.6 Å². The Labute approximate surface area is 93.4 Å². The van der Waals surface area contributed by atoms with Crippen LogP contribution in [-0.2, 0) is 4.79 Å². The molecule has 0 radical (unpaired) electrons. The summed E-state index contributed by atoms with van der Waals surface area (Å²) in [6.45, 7) is 0.0524. The Kier molecular flexibility index (Phi) is 3.11. The van der Waals surface area contributed by atoms with E-state index in [0.29, 0.717) is 16.8 Å². The minimum Gasteiger partial charge on any atom is -0.484 e. The highest BCUT2D eigenvalue weighted by Crippen LogP contribution is 2.19. The van der Waals surface area contributed by atoms with Crippen LogP contribution in [0.5, 0.6) is 5.75 Å². The van der Waals surface area contributed by atoms with Crippen molar-refractivity contribution in [3.8, 4) is 5.75 Å². The standard InChI is InChI=1S/C11H12ClNO2/c12-8-2-1-3-10(6-8)15-7-11(14)13-9-4-5-9/h1-3,6,9H,4-5,7H2,(H,13,14). The fourth-order valence-corrected chi connectivity index (χ4v) is 1.38. The molecule has 2 rings (SSSR count). The number of amides is 1. The highest BCUT2D eigenvalue weighted by molar-refractivity contribution is 6.30. The number of hydrogen-bond acceptors (Lipinski definition) is 2. The van der Waals surface area contributed by atoms with Gasteiger partial charge in [0.1, 0.15) is 5.75 Å². The van der Waals surface area contributed by atoms with E-state index in [9.17, 15) is 4.79 Å². The van der Waals surface area contributed by atoms with Crippen LogP contribution in [0.4, 0.5) is 0 Å². The van der Waals surface area contributed by atoms with Crippen molar-refractivity contribution in [1.82, 2.24) is 5.32 Å². The van der Waals surface area contributed by atoms with Gasteiger partial charge >= 0.3 is 0 Å². The first kappa shape index (κ1) is 10.3. The molecule has 0 atom stereocenters. The van der Waals surface area contributed by atoms with Gasteiger partial charge in [-0.1, -0.05) is 17.7 Å². The summed E-state index contributed by atoms with van der Waals surface area (Å²) in [5.41, 5.74) is 0. The molecular formula is C11H12ClNO2. The average molecular weight is 226 g/mol. The summed E-state index contributed by atoms with van der Waals surface area (Å²) in [5.74, 6) is 0.547. The van der Waals surface area contributed by atoms with E-state index >= 15 is 0 Å². The summed E-state index contributed by atoms with van der Waals surface area (Å²) >= 11 is 5.77. The maximum atomic E-state index is 11.3. The smallest absolute Gasteiger partial charge is 0.258 e. The van der Waals surface area contributed by atoms with Crippen LogP contribution >= 0.6 is 11.6 Å². The third-order valence-electron chi connectivity index (χ3n) is 2.11. The summed E-state index contributed by atoms with van der Waals surface area (Å²) in [6, 6.07) is 7.39. The van der Waals surface area contributed by atoms with Gasteiger partial charge in [-0.05, 0) is 31.0 Å². The maximum absolute atomic E-state index is 11.3. The third kappa shape index (κ3) is 3.44. The number of ether oxygens (including phenoxy) is 1. The van der Waals surface area contributed by atoms with Gasteiger partial charge in [-0.2, -0.15) is 0 Å². The molecule has 0 bridgehead atoms. The average Bonchev–Trinajstić information content (AvgIpc) is 2.99. The van der Waals surface area contributed by atoms with Gasteiger partial charge in [0.25, 0.3) is 5.91 Å². The molecule has 1 fully saturated rings. The summed E-state index contributed by atoms with van der Waals surface area (Å²) in [4.78, 5) is 11.3. The molecule has 1 aromatic rings. The number of rotatable bonds is 4. The first-order chi connectivity index (χ1) is 7.24. The van der Waals surface area contributed by atoms with Gasteiger partial charge in [-0.25, -0.2) is 0 Å². The van der Waals surface area contributed by atoms with Crippen molar-refractivity contribution in [2.75, 3.05) is 6.61 Å². The number of carbonyl (C=O) groups excluding carboxylic acids is 1. The summed E-state index contributed by atoms with van der Waals surface area (Å²) < 4.78 is 5.28. The lowest BCUT2D eigenvalue weighted by molar-refractivity contribution is -0.123. The maximum Gasteiger partial charge on any atom is 0.258 e. The van der Waals surface area contributed by atoms with E-state index in [1.165, 1.54) is 0 Å². The van der Waals surface area contributed by atoms with Crippen LogP contribution in [0.15, 0.2) is 24.3 Å². The van der Waals surface area contributed by atoms with Crippen LogP contribution in [0.2, 0.25) is 5.02 Å². The Morgan fingerprint density at radius 2 is 2.33 bits per heavy atom. The van der Waals surface area contributed by atoms with Gasteiger partial charge in [-0.15, -0.1) is 0 Å². The molecular weight excluding hydrogens is 214 g/mol. The number of halogens is 1.